The molecule has 1 saturated heterocycles. The number of aryl methyl sites for hydroxylation is 2. The molecule has 0 aliphatic carbocycles. The lowest BCUT2D eigenvalue weighted by Gasteiger charge is -2.32. The number of hydrogen-bond donors (Lipinski definition) is 3. The predicted octanol–water partition coefficient (Wildman–Crippen LogP) is 3.82. The van der Waals surface area contributed by atoms with Gasteiger partial charge in [-0.1, -0.05) is 31.2 Å². The van der Waals surface area contributed by atoms with Crippen LogP contribution >= 0.6 is 0 Å². The lowest BCUT2D eigenvalue weighted by molar-refractivity contribution is 0.0996. The molecular formula is C31H39N9O2. The molecule has 0 bridgehead atoms. The van der Waals surface area contributed by atoms with Gasteiger partial charge in [0, 0.05) is 63.3 Å². The number of aromatic nitrogens is 4. The highest BCUT2D eigenvalue weighted by Crippen LogP contribution is 2.34. The molecular weight excluding hydrogens is 530 g/mol. The number of amides is 1. The molecule has 11 nitrogen and oxygen atoms in total. The minimum atomic E-state index is -0.661. The SMILES string of the molecule is CCc1nc(C(N)=O)c(Nc2cnn(C)c2)nc1Nc1ccc(-c2ccc(CCN3CCN(C)CC3)cc2)c(OC)c1. The standard InChI is InChI=1S/C31H39N9O2/c1-5-26-30(37-31(28(36-26)29(32)41)35-24-19-33-39(3)20-24)34-23-10-11-25(27(18-23)42-4)22-8-6-21(7-9-22)12-13-40-16-14-38(2)15-17-40/h6-11,18-20H,5,12-17H2,1-4H3,(H2,32,41)(H2,34,35,37). The fourth-order valence-corrected chi connectivity index (χ4v) is 5.05. The zero-order valence-corrected chi connectivity index (χ0v) is 24.7. The van der Waals surface area contributed by atoms with Gasteiger partial charge in [-0.25, -0.2) is 9.97 Å². The van der Waals surface area contributed by atoms with E-state index in [1.54, 1.807) is 31.2 Å². The number of ether oxygens (including phenoxy) is 1. The first-order valence-corrected chi connectivity index (χ1v) is 14.2. The van der Waals surface area contributed by atoms with Gasteiger partial charge in [-0.2, -0.15) is 5.10 Å². The molecule has 42 heavy (non-hydrogen) atoms. The Morgan fingerprint density at radius 1 is 0.976 bits per heavy atom. The fraction of sp³-hybridized carbons (Fsp3) is 0.355. The number of carbonyl (C=O) groups excluding carboxylic acids is 1. The van der Waals surface area contributed by atoms with E-state index in [0.29, 0.717) is 23.6 Å². The summed E-state index contributed by atoms with van der Waals surface area (Å²) >= 11 is 0. The van der Waals surface area contributed by atoms with Gasteiger partial charge in [0.1, 0.15) is 5.75 Å². The van der Waals surface area contributed by atoms with E-state index in [1.807, 2.05) is 25.1 Å². The second-order valence-corrected chi connectivity index (χ2v) is 10.6. The molecule has 0 spiro atoms. The summed E-state index contributed by atoms with van der Waals surface area (Å²) in [4.78, 5) is 26.3. The Morgan fingerprint density at radius 3 is 2.36 bits per heavy atom. The second-order valence-electron chi connectivity index (χ2n) is 10.6. The van der Waals surface area contributed by atoms with Crippen molar-refractivity contribution in [3.8, 4) is 16.9 Å². The predicted molar refractivity (Wildman–Crippen MR) is 166 cm³/mol. The van der Waals surface area contributed by atoms with Crippen LogP contribution in [0.25, 0.3) is 11.1 Å². The van der Waals surface area contributed by atoms with Crippen molar-refractivity contribution in [1.29, 1.82) is 0 Å². The van der Waals surface area contributed by atoms with E-state index >= 15 is 0 Å². The molecule has 220 valence electrons. The van der Waals surface area contributed by atoms with E-state index < -0.39 is 5.91 Å². The van der Waals surface area contributed by atoms with Gasteiger partial charge in [-0.15, -0.1) is 0 Å². The van der Waals surface area contributed by atoms with Crippen LogP contribution in [-0.4, -0.2) is 82.3 Å². The van der Waals surface area contributed by atoms with Crippen molar-refractivity contribution in [3.63, 3.8) is 0 Å². The van der Waals surface area contributed by atoms with Crippen molar-refractivity contribution < 1.29 is 9.53 Å². The van der Waals surface area contributed by atoms with Crippen molar-refractivity contribution >= 4 is 28.9 Å². The number of piperazine rings is 1. The van der Waals surface area contributed by atoms with Gasteiger partial charge in [0.05, 0.1) is 24.7 Å². The lowest BCUT2D eigenvalue weighted by atomic mass is 10.0. The lowest BCUT2D eigenvalue weighted by Crippen LogP contribution is -2.45. The van der Waals surface area contributed by atoms with E-state index in [4.69, 9.17) is 15.5 Å². The molecule has 1 amide bonds. The van der Waals surface area contributed by atoms with Crippen LogP contribution < -0.4 is 21.1 Å². The molecule has 1 fully saturated rings. The number of nitrogens with two attached hydrogens (primary N) is 1. The number of rotatable bonds is 11. The first kappa shape index (κ1) is 29.0. The van der Waals surface area contributed by atoms with E-state index in [2.05, 4.69) is 61.8 Å². The van der Waals surface area contributed by atoms with Crippen LogP contribution in [0.3, 0.4) is 0 Å². The minimum absolute atomic E-state index is 0.0705. The molecule has 0 saturated carbocycles. The van der Waals surface area contributed by atoms with Gasteiger partial charge in [0.15, 0.2) is 17.3 Å². The van der Waals surface area contributed by atoms with Crippen LogP contribution in [0.15, 0.2) is 54.9 Å². The Kier molecular flexibility index (Phi) is 8.99. The number of methoxy groups -OCH3 is 1. The van der Waals surface area contributed by atoms with Gasteiger partial charge in [0.25, 0.3) is 5.91 Å². The maximum Gasteiger partial charge on any atom is 0.271 e. The van der Waals surface area contributed by atoms with Crippen LogP contribution in [0, 0.1) is 0 Å². The minimum Gasteiger partial charge on any atom is -0.496 e. The average molecular weight is 570 g/mol. The summed E-state index contributed by atoms with van der Waals surface area (Å²) in [5.74, 6) is 0.852. The van der Waals surface area contributed by atoms with E-state index in [0.717, 1.165) is 61.7 Å². The number of likely N-dealkylation sites (N-methyl/N-ethyl adjacent to an activating group) is 1. The molecule has 11 heteroatoms. The maximum atomic E-state index is 12.2. The Balaban J connectivity index is 1.33. The Hall–Kier alpha value is -4.48. The fourth-order valence-electron chi connectivity index (χ4n) is 5.05. The van der Waals surface area contributed by atoms with Crippen molar-refractivity contribution in [2.45, 2.75) is 19.8 Å². The van der Waals surface area contributed by atoms with Crippen LogP contribution in [0.4, 0.5) is 23.0 Å². The van der Waals surface area contributed by atoms with E-state index in [9.17, 15) is 4.79 Å². The highest BCUT2D eigenvalue weighted by molar-refractivity contribution is 5.96. The number of nitrogens with zero attached hydrogens (tertiary/aromatic N) is 6. The van der Waals surface area contributed by atoms with Crippen LogP contribution in [0.5, 0.6) is 5.75 Å². The molecule has 4 N–H and O–H groups in total. The first-order chi connectivity index (χ1) is 20.3. The Labute approximate surface area is 246 Å². The summed E-state index contributed by atoms with van der Waals surface area (Å²) < 4.78 is 7.43. The van der Waals surface area contributed by atoms with Crippen molar-refractivity contribution in [2.75, 3.05) is 57.5 Å². The summed E-state index contributed by atoms with van der Waals surface area (Å²) in [5, 5.41) is 10.6. The number of benzene rings is 2. The number of carbonyl (C=O) groups is 1. The molecule has 1 aliphatic rings. The normalized spacial score (nSPS) is 14.1. The molecule has 0 unspecified atom stereocenters. The first-order valence-electron chi connectivity index (χ1n) is 14.2. The largest absolute Gasteiger partial charge is 0.496 e. The van der Waals surface area contributed by atoms with E-state index in [1.165, 1.54) is 5.56 Å². The summed E-state index contributed by atoms with van der Waals surface area (Å²) in [5.41, 5.74) is 11.2. The van der Waals surface area contributed by atoms with Gasteiger partial charge < -0.3 is 30.9 Å². The zero-order chi connectivity index (χ0) is 29.6. The molecule has 0 atom stereocenters. The Bertz CT molecular complexity index is 1530. The Morgan fingerprint density at radius 2 is 1.71 bits per heavy atom. The summed E-state index contributed by atoms with van der Waals surface area (Å²) in [7, 11) is 5.66. The smallest absolute Gasteiger partial charge is 0.271 e. The molecule has 0 radical (unpaired) electrons. The number of nitrogens with one attached hydrogen (secondary N) is 2. The third kappa shape index (κ3) is 6.87. The highest BCUT2D eigenvalue weighted by atomic mass is 16.5. The van der Waals surface area contributed by atoms with Crippen LogP contribution in [0.1, 0.15) is 28.7 Å². The summed E-state index contributed by atoms with van der Waals surface area (Å²) in [6.45, 7) is 7.58. The topological polar surface area (TPSA) is 126 Å². The third-order valence-electron chi connectivity index (χ3n) is 7.55. The van der Waals surface area contributed by atoms with Gasteiger partial charge in [-0.05, 0) is 43.1 Å². The zero-order valence-electron chi connectivity index (χ0n) is 24.7. The van der Waals surface area contributed by atoms with E-state index in [-0.39, 0.29) is 11.5 Å². The quantitative estimate of drug-likeness (QED) is 0.247. The molecule has 2 aromatic heterocycles. The average Bonchev–Trinajstić information content (AvgIpc) is 3.41. The van der Waals surface area contributed by atoms with Crippen LogP contribution in [-0.2, 0) is 19.9 Å². The van der Waals surface area contributed by atoms with Crippen molar-refractivity contribution in [1.82, 2.24) is 29.5 Å². The van der Waals surface area contributed by atoms with Crippen molar-refractivity contribution in [2.24, 2.45) is 12.8 Å². The molecule has 4 aromatic rings. The van der Waals surface area contributed by atoms with Crippen LogP contribution in [0.2, 0.25) is 0 Å². The summed E-state index contributed by atoms with van der Waals surface area (Å²) in [6.07, 6.45) is 5.00. The highest BCUT2D eigenvalue weighted by Gasteiger charge is 2.19. The molecule has 2 aromatic carbocycles. The second kappa shape index (κ2) is 13.0. The maximum absolute atomic E-state index is 12.2. The number of primary amides is 1. The van der Waals surface area contributed by atoms with Gasteiger partial charge >= 0.3 is 0 Å². The molecule has 3 heterocycles. The summed E-state index contributed by atoms with van der Waals surface area (Å²) in [6, 6.07) is 14.7. The number of anilines is 4. The third-order valence-corrected chi connectivity index (χ3v) is 7.55. The monoisotopic (exact) mass is 569 g/mol. The number of hydrogen-bond acceptors (Lipinski definition) is 9. The molecule has 1 aliphatic heterocycles. The van der Waals surface area contributed by atoms with Crippen molar-refractivity contribution in [3.05, 3.63) is 71.8 Å². The van der Waals surface area contributed by atoms with Gasteiger partial charge in [0.2, 0.25) is 0 Å². The van der Waals surface area contributed by atoms with Gasteiger partial charge in [-0.3, -0.25) is 9.48 Å². The molecule has 5 rings (SSSR count).